The molecule has 0 bridgehead atoms. The maximum absolute atomic E-state index is 12.5. The summed E-state index contributed by atoms with van der Waals surface area (Å²) in [5.74, 6) is -1.24. The summed E-state index contributed by atoms with van der Waals surface area (Å²) in [6.45, 7) is 0. The smallest absolute Gasteiger partial charge is 0.261 e. The number of nitrogens with zero attached hydrogens (tertiary/aromatic N) is 2. The van der Waals surface area contributed by atoms with Crippen molar-refractivity contribution in [3.8, 4) is 11.3 Å². The van der Waals surface area contributed by atoms with Crippen molar-refractivity contribution in [2.75, 3.05) is 12.4 Å². The van der Waals surface area contributed by atoms with Gasteiger partial charge < -0.3 is 0 Å². The van der Waals surface area contributed by atoms with Crippen molar-refractivity contribution in [3.05, 3.63) is 68.5 Å². The molecule has 28 heavy (non-hydrogen) atoms. The monoisotopic (exact) mass is 431 g/mol. The third-order valence-corrected chi connectivity index (χ3v) is 5.59. The van der Waals surface area contributed by atoms with E-state index in [2.05, 4.69) is 10.3 Å². The number of halogens is 2. The highest BCUT2D eigenvalue weighted by molar-refractivity contribution is 7.14. The van der Waals surface area contributed by atoms with E-state index in [0.717, 1.165) is 4.90 Å². The lowest BCUT2D eigenvalue weighted by molar-refractivity contribution is 0.0693. The van der Waals surface area contributed by atoms with Crippen LogP contribution in [0.1, 0.15) is 31.1 Å². The molecule has 0 aliphatic carbocycles. The molecule has 1 N–H and O–H groups in total. The quantitative estimate of drug-likeness (QED) is 0.614. The van der Waals surface area contributed by atoms with Crippen LogP contribution in [0.25, 0.3) is 11.3 Å². The van der Waals surface area contributed by atoms with Crippen molar-refractivity contribution in [1.82, 2.24) is 9.88 Å². The van der Waals surface area contributed by atoms with Gasteiger partial charge in [-0.1, -0.05) is 23.2 Å². The van der Waals surface area contributed by atoms with Crippen molar-refractivity contribution < 1.29 is 14.4 Å². The fraction of sp³-hybridized carbons (Fsp3) is 0.0526. The molecule has 0 spiro atoms. The molecule has 9 heteroatoms. The van der Waals surface area contributed by atoms with Gasteiger partial charge in [0, 0.05) is 28.6 Å². The number of hydrogen-bond acceptors (Lipinski definition) is 5. The van der Waals surface area contributed by atoms with Gasteiger partial charge in [0.15, 0.2) is 5.13 Å². The number of fused-ring (bicyclic) bond motifs is 1. The van der Waals surface area contributed by atoms with Gasteiger partial charge >= 0.3 is 0 Å². The molecule has 2 heterocycles. The van der Waals surface area contributed by atoms with E-state index in [1.54, 1.807) is 23.6 Å². The van der Waals surface area contributed by atoms with Crippen LogP contribution >= 0.6 is 34.5 Å². The lowest BCUT2D eigenvalue weighted by Crippen LogP contribution is -2.24. The first-order chi connectivity index (χ1) is 13.3. The van der Waals surface area contributed by atoms with E-state index < -0.39 is 11.8 Å². The van der Waals surface area contributed by atoms with Crippen LogP contribution < -0.4 is 5.32 Å². The molecular weight excluding hydrogens is 421 g/mol. The average molecular weight is 432 g/mol. The highest BCUT2D eigenvalue weighted by atomic mass is 35.5. The first-order valence-corrected chi connectivity index (χ1v) is 9.67. The third kappa shape index (κ3) is 3.17. The first-order valence-electron chi connectivity index (χ1n) is 8.04. The maximum Gasteiger partial charge on any atom is 0.261 e. The molecule has 4 rings (SSSR count). The molecule has 1 aromatic heterocycles. The van der Waals surface area contributed by atoms with Gasteiger partial charge in [0.25, 0.3) is 17.7 Å². The highest BCUT2D eigenvalue weighted by Crippen LogP contribution is 2.32. The van der Waals surface area contributed by atoms with Gasteiger partial charge in [-0.2, -0.15) is 0 Å². The second-order valence-corrected chi connectivity index (χ2v) is 7.75. The number of rotatable bonds is 3. The molecule has 1 aliphatic heterocycles. The molecule has 2 aromatic carbocycles. The number of thiazole rings is 1. The Bertz CT molecular complexity index is 1160. The largest absolute Gasteiger partial charge is 0.298 e. The summed E-state index contributed by atoms with van der Waals surface area (Å²) in [4.78, 5) is 42.0. The number of benzene rings is 2. The summed E-state index contributed by atoms with van der Waals surface area (Å²) >= 11 is 13.3. The lowest BCUT2D eigenvalue weighted by Gasteiger charge is -2.04. The van der Waals surface area contributed by atoms with Gasteiger partial charge in [-0.25, -0.2) is 4.98 Å². The predicted octanol–water partition coefficient (Wildman–Crippen LogP) is 4.60. The van der Waals surface area contributed by atoms with Gasteiger partial charge in [-0.15, -0.1) is 11.3 Å². The zero-order chi connectivity index (χ0) is 20.0. The molecule has 0 saturated heterocycles. The highest BCUT2D eigenvalue weighted by Gasteiger charge is 2.33. The topological polar surface area (TPSA) is 79.4 Å². The van der Waals surface area contributed by atoms with Gasteiger partial charge in [0.1, 0.15) is 0 Å². The number of imide groups is 1. The third-order valence-electron chi connectivity index (χ3n) is 4.28. The second kappa shape index (κ2) is 7.01. The minimum absolute atomic E-state index is 0.216. The zero-order valence-electron chi connectivity index (χ0n) is 14.3. The standard InChI is InChI=1S/C19H11Cl2N3O3S/c1-24-17(26)11-4-2-9(6-13(11)18(24)27)16(25)23-19-22-15(8-28-19)12-5-3-10(20)7-14(12)21/h2-8H,1H3,(H,22,23,25). The fourth-order valence-electron chi connectivity index (χ4n) is 2.82. The summed E-state index contributed by atoms with van der Waals surface area (Å²) in [6, 6.07) is 9.48. The van der Waals surface area contributed by atoms with Crippen LogP contribution in [0.3, 0.4) is 0 Å². The Morgan fingerprint density at radius 1 is 1.04 bits per heavy atom. The lowest BCUT2D eigenvalue weighted by atomic mass is 10.1. The first kappa shape index (κ1) is 18.6. The van der Waals surface area contributed by atoms with Crippen LogP contribution in [-0.4, -0.2) is 34.7 Å². The van der Waals surface area contributed by atoms with E-state index >= 15 is 0 Å². The number of anilines is 1. The van der Waals surface area contributed by atoms with E-state index in [4.69, 9.17) is 23.2 Å². The average Bonchev–Trinajstić information content (AvgIpc) is 3.21. The Morgan fingerprint density at radius 2 is 1.75 bits per heavy atom. The minimum atomic E-state index is -0.430. The van der Waals surface area contributed by atoms with Crippen molar-refractivity contribution in [1.29, 1.82) is 0 Å². The van der Waals surface area contributed by atoms with Crippen LogP contribution in [0, 0.1) is 0 Å². The Balaban J connectivity index is 1.56. The summed E-state index contributed by atoms with van der Waals surface area (Å²) in [6.07, 6.45) is 0. The Labute approximate surface area is 173 Å². The minimum Gasteiger partial charge on any atom is -0.298 e. The Morgan fingerprint density at radius 3 is 2.50 bits per heavy atom. The SMILES string of the molecule is CN1C(=O)c2ccc(C(=O)Nc3nc(-c4ccc(Cl)cc4Cl)cs3)cc2C1=O. The van der Waals surface area contributed by atoms with E-state index in [1.165, 1.54) is 36.6 Å². The number of aromatic nitrogens is 1. The van der Waals surface area contributed by atoms with Gasteiger partial charge in [-0.05, 0) is 36.4 Å². The van der Waals surface area contributed by atoms with E-state index in [1.807, 2.05) is 0 Å². The van der Waals surface area contributed by atoms with Gasteiger partial charge in [0.05, 0.1) is 21.8 Å². The molecule has 3 aromatic rings. The zero-order valence-corrected chi connectivity index (χ0v) is 16.7. The molecule has 0 atom stereocenters. The van der Waals surface area contributed by atoms with E-state index in [9.17, 15) is 14.4 Å². The van der Waals surface area contributed by atoms with Crippen LogP contribution in [-0.2, 0) is 0 Å². The number of amides is 3. The predicted molar refractivity (Wildman–Crippen MR) is 108 cm³/mol. The molecule has 1 aliphatic rings. The summed E-state index contributed by atoms with van der Waals surface area (Å²) < 4.78 is 0. The van der Waals surface area contributed by atoms with Crippen LogP contribution in [0.5, 0.6) is 0 Å². The molecule has 3 amide bonds. The van der Waals surface area contributed by atoms with Crippen molar-refractivity contribution >= 4 is 57.4 Å². The number of nitrogens with one attached hydrogen (secondary N) is 1. The molecule has 6 nitrogen and oxygen atoms in total. The summed E-state index contributed by atoms with van der Waals surface area (Å²) in [5, 5.41) is 5.83. The van der Waals surface area contributed by atoms with Gasteiger partial charge in [0.2, 0.25) is 0 Å². The van der Waals surface area contributed by atoms with Crippen molar-refractivity contribution in [2.24, 2.45) is 0 Å². The van der Waals surface area contributed by atoms with E-state index in [-0.39, 0.29) is 22.6 Å². The van der Waals surface area contributed by atoms with Crippen molar-refractivity contribution in [2.45, 2.75) is 0 Å². The Hall–Kier alpha value is -2.74. The van der Waals surface area contributed by atoms with Crippen LogP contribution in [0.2, 0.25) is 10.0 Å². The molecule has 0 unspecified atom stereocenters. The fourth-order valence-corrected chi connectivity index (χ4v) is 4.03. The summed E-state index contributed by atoms with van der Waals surface area (Å²) in [7, 11) is 1.41. The summed E-state index contributed by atoms with van der Waals surface area (Å²) in [5.41, 5.74) is 2.08. The van der Waals surface area contributed by atoms with Gasteiger partial charge in [-0.3, -0.25) is 24.6 Å². The van der Waals surface area contributed by atoms with E-state index in [0.29, 0.717) is 26.4 Å². The number of carbonyl (C=O) groups is 3. The molecule has 0 fully saturated rings. The van der Waals surface area contributed by atoms with Crippen LogP contribution in [0.4, 0.5) is 5.13 Å². The molecule has 0 radical (unpaired) electrons. The second-order valence-electron chi connectivity index (χ2n) is 6.05. The Kier molecular flexibility index (Phi) is 4.66. The molecule has 140 valence electrons. The number of hydrogen-bond donors (Lipinski definition) is 1. The molecule has 0 saturated carbocycles. The normalized spacial score (nSPS) is 13.0. The number of carbonyl (C=O) groups excluding carboxylic acids is 3. The molecular formula is C19H11Cl2N3O3S. The van der Waals surface area contributed by atoms with Crippen molar-refractivity contribution in [3.63, 3.8) is 0 Å². The van der Waals surface area contributed by atoms with Crippen LogP contribution in [0.15, 0.2) is 41.8 Å². The maximum atomic E-state index is 12.5.